The molecular formula is C15H25NO. The highest BCUT2D eigenvalue weighted by atomic mass is 16.3. The summed E-state index contributed by atoms with van der Waals surface area (Å²) < 4.78 is 0. The summed E-state index contributed by atoms with van der Waals surface area (Å²) in [7, 11) is 0. The van der Waals surface area contributed by atoms with Crippen molar-refractivity contribution in [2.24, 2.45) is 0 Å². The molecule has 1 N–H and O–H groups in total. The van der Waals surface area contributed by atoms with E-state index in [1.54, 1.807) is 0 Å². The van der Waals surface area contributed by atoms with E-state index in [0.717, 1.165) is 31.5 Å². The Morgan fingerprint density at radius 1 is 1.06 bits per heavy atom. The Morgan fingerprint density at radius 2 is 1.59 bits per heavy atom. The zero-order chi connectivity index (χ0) is 12.7. The van der Waals surface area contributed by atoms with Gasteiger partial charge in [0.2, 0.25) is 0 Å². The third-order valence-electron chi connectivity index (χ3n) is 3.01. The Kier molecular flexibility index (Phi) is 5.66. The van der Waals surface area contributed by atoms with E-state index in [2.05, 4.69) is 18.7 Å². The average molecular weight is 235 g/mol. The fraction of sp³-hybridized carbons (Fsp3) is 0.600. The van der Waals surface area contributed by atoms with Gasteiger partial charge in [0.05, 0.1) is 5.60 Å². The van der Waals surface area contributed by atoms with Gasteiger partial charge in [-0.25, -0.2) is 0 Å². The second-order valence-electron chi connectivity index (χ2n) is 4.92. The molecule has 1 unspecified atom stereocenters. The molecule has 0 saturated carbocycles. The van der Waals surface area contributed by atoms with Gasteiger partial charge >= 0.3 is 0 Å². The first kappa shape index (κ1) is 14.2. The zero-order valence-corrected chi connectivity index (χ0v) is 11.3. The topological polar surface area (TPSA) is 23.5 Å². The van der Waals surface area contributed by atoms with Crippen molar-refractivity contribution in [2.75, 3.05) is 19.6 Å². The lowest BCUT2D eigenvalue weighted by molar-refractivity contribution is 0.0158. The van der Waals surface area contributed by atoms with Crippen LogP contribution in [0.25, 0.3) is 0 Å². The van der Waals surface area contributed by atoms with Crippen molar-refractivity contribution in [1.82, 2.24) is 4.90 Å². The van der Waals surface area contributed by atoms with E-state index in [1.807, 2.05) is 37.3 Å². The molecule has 0 saturated heterocycles. The van der Waals surface area contributed by atoms with Crippen LogP contribution in [0, 0.1) is 0 Å². The van der Waals surface area contributed by atoms with E-state index in [9.17, 15) is 5.11 Å². The molecule has 17 heavy (non-hydrogen) atoms. The lowest BCUT2D eigenvalue weighted by Crippen LogP contribution is -2.39. The van der Waals surface area contributed by atoms with Crippen molar-refractivity contribution in [3.8, 4) is 0 Å². The zero-order valence-electron chi connectivity index (χ0n) is 11.3. The Hall–Kier alpha value is -0.860. The molecule has 0 heterocycles. The van der Waals surface area contributed by atoms with E-state index < -0.39 is 5.60 Å². The summed E-state index contributed by atoms with van der Waals surface area (Å²) in [5, 5.41) is 10.6. The summed E-state index contributed by atoms with van der Waals surface area (Å²) in [6.45, 7) is 9.08. The summed E-state index contributed by atoms with van der Waals surface area (Å²) in [6.07, 6.45) is 2.26. The lowest BCUT2D eigenvalue weighted by atomic mass is 9.95. The summed E-state index contributed by atoms with van der Waals surface area (Å²) in [5.41, 5.74) is 0.239. The first-order valence-electron chi connectivity index (χ1n) is 6.60. The molecule has 96 valence electrons. The fourth-order valence-corrected chi connectivity index (χ4v) is 2.23. The molecule has 0 amide bonds. The van der Waals surface area contributed by atoms with E-state index in [-0.39, 0.29) is 0 Å². The van der Waals surface area contributed by atoms with Crippen molar-refractivity contribution in [3.05, 3.63) is 35.9 Å². The van der Waals surface area contributed by atoms with E-state index >= 15 is 0 Å². The molecule has 0 radical (unpaired) electrons. The van der Waals surface area contributed by atoms with Gasteiger partial charge in [-0.05, 0) is 38.4 Å². The molecule has 1 rings (SSSR count). The smallest absolute Gasteiger partial charge is 0.0994 e. The van der Waals surface area contributed by atoms with Crippen LogP contribution in [0.1, 0.15) is 39.2 Å². The minimum absolute atomic E-state index is 0.707. The molecule has 0 fully saturated rings. The van der Waals surface area contributed by atoms with E-state index in [0.29, 0.717) is 6.54 Å². The fourth-order valence-electron chi connectivity index (χ4n) is 2.23. The highest BCUT2D eigenvalue weighted by molar-refractivity contribution is 5.21. The number of nitrogens with zero attached hydrogens (tertiary/aromatic N) is 1. The molecule has 2 nitrogen and oxygen atoms in total. The molecule has 0 aliphatic heterocycles. The van der Waals surface area contributed by atoms with Crippen LogP contribution in [0.5, 0.6) is 0 Å². The molecular weight excluding hydrogens is 210 g/mol. The molecule has 2 heteroatoms. The van der Waals surface area contributed by atoms with Gasteiger partial charge in [0.15, 0.2) is 0 Å². The van der Waals surface area contributed by atoms with Crippen molar-refractivity contribution in [1.29, 1.82) is 0 Å². The molecule has 1 aromatic rings. The summed E-state index contributed by atoms with van der Waals surface area (Å²) in [6, 6.07) is 9.93. The van der Waals surface area contributed by atoms with Crippen LogP contribution in [-0.2, 0) is 5.60 Å². The van der Waals surface area contributed by atoms with Crippen molar-refractivity contribution < 1.29 is 5.11 Å². The molecule has 0 aromatic heterocycles. The Bertz CT molecular complexity index is 302. The molecule has 1 aromatic carbocycles. The minimum Gasteiger partial charge on any atom is -0.384 e. The van der Waals surface area contributed by atoms with Gasteiger partial charge in [0.25, 0.3) is 0 Å². The van der Waals surface area contributed by atoms with Crippen LogP contribution in [0.2, 0.25) is 0 Å². The predicted octanol–water partition coefficient (Wildman–Crippen LogP) is 3.02. The second kappa shape index (κ2) is 6.77. The van der Waals surface area contributed by atoms with Crippen LogP contribution >= 0.6 is 0 Å². The first-order valence-corrected chi connectivity index (χ1v) is 6.60. The quantitative estimate of drug-likeness (QED) is 0.785. The largest absolute Gasteiger partial charge is 0.384 e. The molecule has 1 atom stereocenters. The maximum atomic E-state index is 10.6. The van der Waals surface area contributed by atoms with Gasteiger partial charge < -0.3 is 10.0 Å². The summed E-state index contributed by atoms with van der Waals surface area (Å²) >= 11 is 0. The number of hydrogen-bond donors (Lipinski definition) is 1. The third-order valence-corrected chi connectivity index (χ3v) is 3.01. The van der Waals surface area contributed by atoms with Crippen molar-refractivity contribution >= 4 is 0 Å². The molecule has 0 spiro atoms. The van der Waals surface area contributed by atoms with Gasteiger partial charge in [-0.3, -0.25) is 0 Å². The number of rotatable bonds is 7. The van der Waals surface area contributed by atoms with E-state index in [1.165, 1.54) is 0 Å². The summed E-state index contributed by atoms with van der Waals surface area (Å²) in [4.78, 5) is 2.34. The first-order chi connectivity index (χ1) is 8.10. The second-order valence-corrected chi connectivity index (χ2v) is 4.92. The monoisotopic (exact) mass is 235 g/mol. The molecule has 0 aliphatic rings. The molecule has 0 aliphatic carbocycles. The van der Waals surface area contributed by atoms with Gasteiger partial charge in [-0.2, -0.15) is 0 Å². The van der Waals surface area contributed by atoms with Gasteiger partial charge in [-0.15, -0.1) is 0 Å². The lowest BCUT2D eigenvalue weighted by Gasteiger charge is -2.31. The van der Waals surface area contributed by atoms with Crippen LogP contribution in [-0.4, -0.2) is 29.6 Å². The van der Waals surface area contributed by atoms with Crippen molar-refractivity contribution in [3.63, 3.8) is 0 Å². The maximum Gasteiger partial charge on any atom is 0.0994 e. The SMILES string of the molecule is CCCN(CCC)CC(C)(O)c1ccccc1. The highest BCUT2D eigenvalue weighted by Crippen LogP contribution is 2.21. The summed E-state index contributed by atoms with van der Waals surface area (Å²) in [5.74, 6) is 0. The van der Waals surface area contributed by atoms with Crippen molar-refractivity contribution in [2.45, 2.75) is 39.2 Å². The molecule has 0 bridgehead atoms. The van der Waals surface area contributed by atoms with Crippen LogP contribution < -0.4 is 0 Å². The number of aliphatic hydroxyl groups is 1. The minimum atomic E-state index is -0.758. The average Bonchev–Trinajstić information content (AvgIpc) is 2.30. The Labute approximate surface area is 105 Å². The normalized spacial score (nSPS) is 14.9. The Morgan fingerprint density at radius 3 is 2.06 bits per heavy atom. The van der Waals surface area contributed by atoms with Gasteiger partial charge in [-0.1, -0.05) is 44.2 Å². The van der Waals surface area contributed by atoms with Crippen LogP contribution in [0.3, 0.4) is 0 Å². The number of benzene rings is 1. The maximum absolute atomic E-state index is 10.6. The number of hydrogen-bond acceptors (Lipinski definition) is 2. The highest BCUT2D eigenvalue weighted by Gasteiger charge is 2.25. The van der Waals surface area contributed by atoms with Crippen LogP contribution in [0.4, 0.5) is 0 Å². The Balaban J connectivity index is 2.69. The van der Waals surface area contributed by atoms with E-state index in [4.69, 9.17) is 0 Å². The third kappa shape index (κ3) is 4.49. The standard InChI is InChI=1S/C15H25NO/c1-4-11-16(12-5-2)13-15(3,17)14-9-7-6-8-10-14/h6-10,17H,4-5,11-13H2,1-3H3. The van der Waals surface area contributed by atoms with Gasteiger partial charge in [0.1, 0.15) is 0 Å². The van der Waals surface area contributed by atoms with Crippen LogP contribution in [0.15, 0.2) is 30.3 Å². The predicted molar refractivity (Wildman–Crippen MR) is 73.0 cm³/mol. The van der Waals surface area contributed by atoms with Gasteiger partial charge in [0, 0.05) is 6.54 Å².